The summed E-state index contributed by atoms with van der Waals surface area (Å²) in [5.41, 5.74) is 4.99. The van der Waals surface area contributed by atoms with Crippen LogP contribution in [0, 0.1) is 6.92 Å². The molecule has 5 rings (SSSR count). The third kappa shape index (κ3) is 6.64. The first kappa shape index (κ1) is 26.8. The Balaban J connectivity index is 1.27. The number of ether oxygens (including phenoxy) is 1. The van der Waals surface area contributed by atoms with Crippen LogP contribution < -0.4 is 5.32 Å². The fourth-order valence-corrected chi connectivity index (χ4v) is 5.68. The third-order valence-electron chi connectivity index (χ3n) is 6.57. The lowest BCUT2D eigenvalue weighted by molar-refractivity contribution is 0.0139. The number of fused-ring (bicyclic) bond motifs is 1. The molecule has 1 fully saturated rings. The molecule has 0 radical (unpaired) electrons. The van der Waals surface area contributed by atoms with E-state index in [1.165, 1.54) is 5.56 Å². The van der Waals surface area contributed by atoms with Gasteiger partial charge < -0.3 is 15.0 Å². The second kappa shape index (κ2) is 11.2. The molecule has 0 unspecified atom stereocenters. The fraction of sp³-hybridized carbons (Fsp3) is 0.323. The lowest BCUT2D eigenvalue weighted by Gasteiger charge is -2.35. The topological polar surface area (TPSA) is 74.8 Å². The van der Waals surface area contributed by atoms with Gasteiger partial charge in [0, 0.05) is 43.9 Å². The number of thiazole rings is 1. The number of nitrogens with one attached hydrogen (secondary N) is 1. The summed E-state index contributed by atoms with van der Waals surface area (Å²) in [6, 6.07) is 21.8. The Kier molecular flexibility index (Phi) is 7.68. The zero-order valence-corrected chi connectivity index (χ0v) is 23.7. The van der Waals surface area contributed by atoms with Crippen molar-refractivity contribution in [3.63, 3.8) is 0 Å². The molecule has 0 atom stereocenters. The van der Waals surface area contributed by atoms with Crippen LogP contribution in [-0.4, -0.2) is 58.6 Å². The molecule has 202 valence electrons. The Hall–Kier alpha value is -3.75. The highest BCUT2D eigenvalue weighted by Gasteiger charge is 2.26. The lowest BCUT2D eigenvalue weighted by atomic mass is 10.1. The number of hydrogen-bond acceptors (Lipinski definition) is 6. The van der Waals surface area contributed by atoms with E-state index in [1.807, 2.05) is 76.2 Å². The predicted octanol–water partition coefficient (Wildman–Crippen LogP) is 6.58. The molecule has 1 aliphatic heterocycles. The Labute approximate surface area is 233 Å². The average molecular weight is 543 g/mol. The van der Waals surface area contributed by atoms with Crippen LogP contribution >= 0.6 is 11.3 Å². The molecule has 3 aromatic carbocycles. The smallest absolute Gasteiger partial charge is 0.410 e. The number of rotatable bonds is 5. The molecule has 2 amide bonds. The van der Waals surface area contributed by atoms with Crippen molar-refractivity contribution in [1.82, 2.24) is 14.8 Å². The quantitative estimate of drug-likeness (QED) is 0.308. The van der Waals surface area contributed by atoms with Crippen LogP contribution in [-0.2, 0) is 11.3 Å². The summed E-state index contributed by atoms with van der Waals surface area (Å²) in [6.07, 6.45) is -0.240. The molecular formula is C31H34N4O3S. The number of para-hydroxylation sites is 1. The van der Waals surface area contributed by atoms with Crippen LogP contribution in [0.25, 0.3) is 20.8 Å². The van der Waals surface area contributed by atoms with E-state index >= 15 is 0 Å². The number of aryl methyl sites for hydroxylation is 1. The standard InChI is InChI=1S/C31H34N4O3S/c1-21-8-7-9-23(18-21)28(36)32-25-11-6-5-10-24(25)29-33-26-13-12-22(19-27(26)39-29)20-34-14-16-35(17-15-34)30(37)38-31(2,3)4/h5-13,18-19H,14-17,20H2,1-4H3,(H,32,36). The molecule has 1 aliphatic rings. The van der Waals surface area contributed by atoms with Crippen molar-refractivity contribution in [3.05, 3.63) is 83.4 Å². The minimum absolute atomic E-state index is 0.138. The van der Waals surface area contributed by atoms with E-state index < -0.39 is 5.60 Å². The van der Waals surface area contributed by atoms with E-state index in [2.05, 4.69) is 28.4 Å². The Bertz CT molecular complexity index is 1500. The molecule has 7 nitrogen and oxygen atoms in total. The van der Waals surface area contributed by atoms with Gasteiger partial charge in [0.2, 0.25) is 0 Å². The molecule has 1 saturated heterocycles. The van der Waals surface area contributed by atoms with Gasteiger partial charge in [-0.15, -0.1) is 11.3 Å². The van der Waals surface area contributed by atoms with E-state index in [0.717, 1.165) is 51.7 Å². The van der Waals surface area contributed by atoms with Crippen molar-refractivity contribution in [2.24, 2.45) is 0 Å². The lowest BCUT2D eigenvalue weighted by Crippen LogP contribution is -2.49. The molecule has 0 bridgehead atoms. The minimum Gasteiger partial charge on any atom is -0.444 e. The van der Waals surface area contributed by atoms with Crippen molar-refractivity contribution >= 4 is 39.2 Å². The van der Waals surface area contributed by atoms with Crippen LogP contribution in [0.5, 0.6) is 0 Å². The summed E-state index contributed by atoms with van der Waals surface area (Å²) in [6.45, 7) is 11.4. The highest BCUT2D eigenvalue weighted by Crippen LogP contribution is 2.35. The molecule has 0 spiro atoms. The normalized spacial score (nSPS) is 14.4. The Morgan fingerprint density at radius 3 is 2.49 bits per heavy atom. The monoisotopic (exact) mass is 542 g/mol. The van der Waals surface area contributed by atoms with Crippen LogP contribution in [0.15, 0.2) is 66.7 Å². The fourth-order valence-electron chi connectivity index (χ4n) is 4.62. The Morgan fingerprint density at radius 2 is 1.74 bits per heavy atom. The van der Waals surface area contributed by atoms with Crippen molar-refractivity contribution in [2.45, 2.75) is 39.8 Å². The maximum atomic E-state index is 12.9. The molecular weight excluding hydrogens is 508 g/mol. The van der Waals surface area contributed by atoms with E-state index in [4.69, 9.17) is 9.72 Å². The molecule has 0 saturated carbocycles. The van der Waals surface area contributed by atoms with E-state index in [-0.39, 0.29) is 12.0 Å². The number of carbonyl (C=O) groups excluding carboxylic acids is 2. The van der Waals surface area contributed by atoms with Crippen molar-refractivity contribution in [3.8, 4) is 10.6 Å². The van der Waals surface area contributed by atoms with Gasteiger partial charge in [-0.3, -0.25) is 9.69 Å². The number of anilines is 1. The van der Waals surface area contributed by atoms with Gasteiger partial charge >= 0.3 is 6.09 Å². The average Bonchev–Trinajstić information content (AvgIpc) is 3.32. The number of hydrogen-bond donors (Lipinski definition) is 1. The van der Waals surface area contributed by atoms with Crippen molar-refractivity contribution in [1.29, 1.82) is 0 Å². The maximum Gasteiger partial charge on any atom is 0.410 e. The van der Waals surface area contributed by atoms with Crippen molar-refractivity contribution < 1.29 is 14.3 Å². The first-order valence-electron chi connectivity index (χ1n) is 13.2. The summed E-state index contributed by atoms with van der Waals surface area (Å²) in [4.78, 5) is 34.3. The first-order valence-corrected chi connectivity index (χ1v) is 14.0. The first-order chi connectivity index (χ1) is 18.6. The van der Waals surface area contributed by atoms with Gasteiger partial charge in [0.25, 0.3) is 5.91 Å². The molecule has 0 aliphatic carbocycles. The number of amides is 2. The second-order valence-corrected chi connectivity index (χ2v) is 12.0. The minimum atomic E-state index is -0.482. The van der Waals surface area contributed by atoms with Gasteiger partial charge in [0.1, 0.15) is 10.6 Å². The van der Waals surface area contributed by atoms with Crippen LogP contribution in [0.2, 0.25) is 0 Å². The van der Waals surface area contributed by atoms with Crippen LogP contribution in [0.3, 0.4) is 0 Å². The van der Waals surface area contributed by atoms with Crippen LogP contribution in [0.1, 0.15) is 42.3 Å². The predicted molar refractivity (Wildman–Crippen MR) is 157 cm³/mol. The SMILES string of the molecule is Cc1cccc(C(=O)Nc2ccccc2-c2nc3ccc(CN4CCN(C(=O)OC(C)(C)C)CC4)cc3s2)c1. The highest BCUT2D eigenvalue weighted by molar-refractivity contribution is 7.21. The maximum absolute atomic E-state index is 12.9. The molecule has 8 heteroatoms. The summed E-state index contributed by atoms with van der Waals surface area (Å²) in [7, 11) is 0. The molecule has 1 N–H and O–H groups in total. The Morgan fingerprint density at radius 1 is 0.974 bits per heavy atom. The van der Waals surface area contributed by atoms with Gasteiger partial charge in [-0.25, -0.2) is 9.78 Å². The summed E-state index contributed by atoms with van der Waals surface area (Å²) < 4.78 is 6.62. The molecule has 1 aromatic heterocycles. The summed E-state index contributed by atoms with van der Waals surface area (Å²) in [5.74, 6) is -0.138. The van der Waals surface area contributed by atoms with Gasteiger partial charge in [-0.1, -0.05) is 35.9 Å². The van der Waals surface area contributed by atoms with Gasteiger partial charge in [-0.05, 0) is 69.7 Å². The highest BCUT2D eigenvalue weighted by atomic mass is 32.1. The van der Waals surface area contributed by atoms with E-state index in [1.54, 1.807) is 16.2 Å². The largest absolute Gasteiger partial charge is 0.444 e. The van der Waals surface area contributed by atoms with Crippen molar-refractivity contribution in [2.75, 3.05) is 31.5 Å². The second-order valence-electron chi connectivity index (χ2n) is 10.9. The number of benzene rings is 3. The summed E-state index contributed by atoms with van der Waals surface area (Å²) >= 11 is 1.63. The number of aromatic nitrogens is 1. The van der Waals surface area contributed by atoms with E-state index in [9.17, 15) is 9.59 Å². The van der Waals surface area contributed by atoms with Gasteiger partial charge in [-0.2, -0.15) is 0 Å². The van der Waals surface area contributed by atoms with Crippen LogP contribution in [0.4, 0.5) is 10.5 Å². The number of nitrogens with zero attached hydrogens (tertiary/aromatic N) is 3. The molecule has 2 heterocycles. The van der Waals surface area contributed by atoms with Gasteiger partial charge in [0.05, 0.1) is 15.9 Å². The number of piperazine rings is 1. The summed E-state index contributed by atoms with van der Waals surface area (Å²) in [5, 5.41) is 3.94. The zero-order chi connectivity index (χ0) is 27.6. The third-order valence-corrected chi connectivity index (χ3v) is 7.62. The van der Waals surface area contributed by atoms with Gasteiger partial charge in [0.15, 0.2) is 0 Å². The molecule has 4 aromatic rings. The van der Waals surface area contributed by atoms with E-state index in [0.29, 0.717) is 18.7 Å². The number of carbonyl (C=O) groups is 2. The molecule has 39 heavy (non-hydrogen) atoms. The zero-order valence-electron chi connectivity index (χ0n) is 22.9.